The SMILES string of the molecule is COc1ccc(CN2CC=C(c3cc4ccccc4s3)CC2)cc1. The number of nitrogens with zero attached hydrogens (tertiary/aromatic N) is 1. The Hall–Kier alpha value is -2.10. The summed E-state index contributed by atoms with van der Waals surface area (Å²) >= 11 is 1.91. The number of methoxy groups -OCH3 is 1. The predicted molar refractivity (Wildman–Crippen MR) is 103 cm³/mol. The number of hydrogen-bond acceptors (Lipinski definition) is 3. The second-order valence-corrected chi connectivity index (χ2v) is 7.29. The molecule has 0 saturated heterocycles. The van der Waals surface area contributed by atoms with Crippen LogP contribution < -0.4 is 4.74 Å². The third-order valence-electron chi connectivity index (χ3n) is 4.60. The largest absolute Gasteiger partial charge is 0.497 e. The molecular weight excluding hydrogens is 314 g/mol. The smallest absolute Gasteiger partial charge is 0.118 e. The van der Waals surface area contributed by atoms with Crippen LogP contribution in [0.25, 0.3) is 15.7 Å². The Morgan fingerprint density at radius 2 is 1.92 bits per heavy atom. The Morgan fingerprint density at radius 1 is 1.08 bits per heavy atom. The van der Waals surface area contributed by atoms with Crippen LogP contribution in [0.3, 0.4) is 0 Å². The predicted octanol–water partition coefficient (Wildman–Crippen LogP) is 5.20. The Balaban J connectivity index is 1.44. The molecule has 1 aromatic heterocycles. The van der Waals surface area contributed by atoms with Gasteiger partial charge in [-0.1, -0.05) is 36.4 Å². The van der Waals surface area contributed by atoms with E-state index in [2.05, 4.69) is 53.4 Å². The van der Waals surface area contributed by atoms with Crippen molar-refractivity contribution in [3.05, 3.63) is 71.1 Å². The fourth-order valence-corrected chi connectivity index (χ4v) is 4.34. The Labute approximate surface area is 147 Å². The minimum atomic E-state index is 0.921. The van der Waals surface area contributed by atoms with Crippen LogP contribution in [0.2, 0.25) is 0 Å². The molecule has 0 amide bonds. The second kappa shape index (κ2) is 6.80. The molecule has 0 spiro atoms. The van der Waals surface area contributed by atoms with Gasteiger partial charge in [0.2, 0.25) is 0 Å². The summed E-state index contributed by atoms with van der Waals surface area (Å²) in [6.45, 7) is 3.14. The van der Waals surface area contributed by atoms with Gasteiger partial charge in [-0.15, -0.1) is 11.3 Å². The van der Waals surface area contributed by atoms with E-state index in [-0.39, 0.29) is 0 Å². The van der Waals surface area contributed by atoms with Crippen molar-refractivity contribution in [3.63, 3.8) is 0 Å². The number of fused-ring (bicyclic) bond motifs is 1. The molecule has 2 nitrogen and oxygen atoms in total. The van der Waals surface area contributed by atoms with Gasteiger partial charge in [0.05, 0.1) is 7.11 Å². The van der Waals surface area contributed by atoms with Crippen molar-refractivity contribution >= 4 is 27.0 Å². The van der Waals surface area contributed by atoms with Gasteiger partial charge in [0, 0.05) is 29.2 Å². The highest BCUT2D eigenvalue weighted by molar-refractivity contribution is 7.20. The fourth-order valence-electron chi connectivity index (χ4n) is 3.21. The van der Waals surface area contributed by atoms with Crippen LogP contribution in [0.1, 0.15) is 16.9 Å². The summed E-state index contributed by atoms with van der Waals surface area (Å²) in [5.41, 5.74) is 2.84. The molecule has 1 aliphatic heterocycles. The van der Waals surface area contributed by atoms with E-state index < -0.39 is 0 Å². The highest BCUT2D eigenvalue weighted by Crippen LogP contribution is 2.33. The van der Waals surface area contributed by atoms with Gasteiger partial charge in [0.15, 0.2) is 0 Å². The lowest BCUT2D eigenvalue weighted by molar-refractivity contribution is 0.294. The molecule has 122 valence electrons. The van der Waals surface area contributed by atoms with Crippen molar-refractivity contribution in [2.45, 2.75) is 13.0 Å². The molecule has 2 heterocycles. The maximum Gasteiger partial charge on any atom is 0.118 e. The number of rotatable bonds is 4. The first-order valence-electron chi connectivity index (χ1n) is 8.35. The lowest BCUT2D eigenvalue weighted by Crippen LogP contribution is -2.27. The van der Waals surface area contributed by atoms with Crippen LogP contribution in [0.4, 0.5) is 0 Å². The standard InChI is InChI=1S/C21H21NOS/c1-23-19-8-6-16(7-9-19)15-22-12-10-17(11-13-22)21-14-18-4-2-3-5-20(18)24-21/h2-10,14H,11-13,15H2,1H3. The van der Waals surface area contributed by atoms with Crippen LogP contribution in [0.5, 0.6) is 5.75 Å². The van der Waals surface area contributed by atoms with E-state index in [4.69, 9.17) is 4.74 Å². The molecular formula is C21H21NOS. The van der Waals surface area contributed by atoms with Crippen LogP contribution in [-0.2, 0) is 6.54 Å². The van der Waals surface area contributed by atoms with E-state index in [1.54, 1.807) is 7.11 Å². The van der Waals surface area contributed by atoms with Gasteiger partial charge in [-0.05, 0) is 47.2 Å². The number of ether oxygens (including phenoxy) is 1. The number of benzene rings is 2. The number of hydrogen-bond donors (Lipinski definition) is 0. The van der Waals surface area contributed by atoms with Crippen molar-refractivity contribution in [1.29, 1.82) is 0 Å². The molecule has 0 N–H and O–H groups in total. The van der Waals surface area contributed by atoms with Crippen LogP contribution in [0, 0.1) is 0 Å². The maximum absolute atomic E-state index is 5.23. The Kier molecular flexibility index (Phi) is 4.37. The van der Waals surface area contributed by atoms with Gasteiger partial charge in [0.25, 0.3) is 0 Å². The first-order valence-corrected chi connectivity index (χ1v) is 9.17. The molecule has 24 heavy (non-hydrogen) atoms. The summed E-state index contributed by atoms with van der Waals surface area (Å²) in [5.74, 6) is 0.921. The molecule has 0 saturated carbocycles. The van der Waals surface area contributed by atoms with Crippen LogP contribution in [0.15, 0.2) is 60.7 Å². The van der Waals surface area contributed by atoms with E-state index in [9.17, 15) is 0 Å². The zero-order chi connectivity index (χ0) is 16.4. The molecule has 0 aliphatic carbocycles. The Morgan fingerprint density at radius 3 is 2.62 bits per heavy atom. The van der Waals surface area contributed by atoms with Crippen molar-refractivity contribution in [1.82, 2.24) is 4.90 Å². The Bertz CT molecular complexity index is 830. The van der Waals surface area contributed by atoms with Gasteiger partial charge in [-0.25, -0.2) is 0 Å². The summed E-state index contributed by atoms with van der Waals surface area (Å²) < 4.78 is 6.61. The van der Waals surface area contributed by atoms with Gasteiger partial charge >= 0.3 is 0 Å². The third-order valence-corrected chi connectivity index (χ3v) is 5.79. The molecule has 0 atom stereocenters. The lowest BCUT2D eigenvalue weighted by Gasteiger charge is -2.26. The molecule has 2 aromatic carbocycles. The summed E-state index contributed by atoms with van der Waals surface area (Å²) in [6, 6.07) is 19.4. The summed E-state index contributed by atoms with van der Waals surface area (Å²) in [7, 11) is 1.71. The molecule has 0 fully saturated rings. The molecule has 0 unspecified atom stereocenters. The van der Waals surface area contributed by atoms with Crippen molar-refractivity contribution in [3.8, 4) is 5.75 Å². The molecule has 3 aromatic rings. The summed E-state index contributed by atoms with van der Waals surface area (Å²) in [4.78, 5) is 3.93. The lowest BCUT2D eigenvalue weighted by atomic mass is 10.1. The van der Waals surface area contributed by atoms with Gasteiger partial charge in [0.1, 0.15) is 5.75 Å². The van der Waals surface area contributed by atoms with Crippen molar-refractivity contribution in [2.24, 2.45) is 0 Å². The molecule has 0 radical (unpaired) electrons. The first kappa shape index (κ1) is 15.4. The summed E-state index contributed by atoms with van der Waals surface area (Å²) in [5, 5.41) is 1.36. The zero-order valence-corrected chi connectivity index (χ0v) is 14.7. The molecule has 0 bridgehead atoms. The highest BCUT2D eigenvalue weighted by atomic mass is 32.1. The second-order valence-electron chi connectivity index (χ2n) is 6.21. The average molecular weight is 335 g/mol. The minimum Gasteiger partial charge on any atom is -0.497 e. The third kappa shape index (κ3) is 3.23. The zero-order valence-electron chi connectivity index (χ0n) is 13.9. The highest BCUT2D eigenvalue weighted by Gasteiger charge is 2.15. The van der Waals surface area contributed by atoms with Gasteiger partial charge in [-0.3, -0.25) is 4.90 Å². The van der Waals surface area contributed by atoms with Crippen LogP contribution >= 0.6 is 11.3 Å². The monoisotopic (exact) mass is 335 g/mol. The van der Waals surface area contributed by atoms with Crippen LogP contribution in [-0.4, -0.2) is 25.1 Å². The van der Waals surface area contributed by atoms with Crippen molar-refractivity contribution < 1.29 is 4.74 Å². The summed E-state index contributed by atoms with van der Waals surface area (Å²) in [6.07, 6.45) is 3.53. The van der Waals surface area contributed by atoms with Crippen molar-refractivity contribution in [2.75, 3.05) is 20.2 Å². The van der Waals surface area contributed by atoms with E-state index in [0.717, 1.165) is 31.8 Å². The topological polar surface area (TPSA) is 12.5 Å². The van der Waals surface area contributed by atoms with Gasteiger partial charge < -0.3 is 4.74 Å². The first-order chi connectivity index (χ1) is 11.8. The molecule has 3 heteroatoms. The fraction of sp³-hybridized carbons (Fsp3) is 0.238. The van der Waals surface area contributed by atoms with E-state index in [0.29, 0.717) is 0 Å². The minimum absolute atomic E-state index is 0.921. The molecule has 4 rings (SSSR count). The normalized spacial score (nSPS) is 15.5. The molecule has 1 aliphatic rings. The maximum atomic E-state index is 5.23. The van der Waals surface area contributed by atoms with E-state index in [1.807, 2.05) is 23.5 Å². The van der Waals surface area contributed by atoms with E-state index >= 15 is 0 Å². The average Bonchev–Trinajstić information content (AvgIpc) is 3.07. The quantitative estimate of drug-likeness (QED) is 0.650. The van der Waals surface area contributed by atoms with Gasteiger partial charge in [-0.2, -0.15) is 0 Å². The number of thiophene rings is 1. The van der Waals surface area contributed by atoms with E-state index in [1.165, 1.54) is 26.1 Å².